The first-order chi connectivity index (χ1) is 32.2. The van der Waals surface area contributed by atoms with Crippen molar-refractivity contribution < 1.29 is 76.9 Å². The number of aliphatic hydroxyl groups is 2. The molecular formula is C51H55NO16. The van der Waals surface area contributed by atoms with Gasteiger partial charge < -0.3 is 48.7 Å². The fourth-order valence-electron chi connectivity index (χ4n) is 10.5. The Kier molecular flexibility index (Phi) is 13.8. The molecule has 1 amide bonds. The average Bonchev–Trinajstić information content (AvgIpc) is 3.30. The Balaban J connectivity index is 1.42. The van der Waals surface area contributed by atoms with Crippen LogP contribution in [0.15, 0.2) is 115 Å². The lowest BCUT2D eigenvalue weighted by molar-refractivity contribution is -0.346. The lowest BCUT2D eigenvalue weighted by Crippen LogP contribution is -2.82. The van der Waals surface area contributed by atoms with Gasteiger partial charge in [0.1, 0.15) is 36.6 Å². The van der Waals surface area contributed by atoms with Crippen molar-refractivity contribution in [3.63, 3.8) is 0 Å². The van der Waals surface area contributed by atoms with Gasteiger partial charge in [-0.3, -0.25) is 19.2 Å². The lowest BCUT2D eigenvalue weighted by atomic mass is 9.44. The number of benzene rings is 3. The number of aliphatic hydroxyl groups excluding tert-OH is 1. The van der Waals surface area contributed by atoms with Gasteiger partial charge in [-0.1, -0.05) is 93.2 Å². The monoisotopic (exact) mass is 937 g/mol. The quantitative estimate of drug-likeness (QED) is 0.115. The van der Waals surface area contributed by atoms with Gasteiger partial charge in [0.15, 0.2) is 17.5 Å². The molecule has 2 saturated carbocycles. The minimum Gasteiger partial charge on any atom is -0.455 e. The van der Waals surface area contributed by atoms with E-state index in [0.29, 0.717) is 5.56 Å². The number of hydrogen-bond acceptors (Lipinski definition) is 16. The number of Topliss-reactive ketones (excluding diaryl/α,β-unsaturated/α-hetero) is 1. The Morgan fingerprint density at radius 3 is 2.03 bits per heavy atom. The predicted molar refractivity (Wildman–Crippen MR) is 238 cm³/mol. The number of carbonyl (C=O) groups excluding carboxylic acids is 7. The Hall–Kier alpha value is -6.69. The van der Waals surface area contributed by atoms with E-state index in [2.05, 4.69) is 11.9 Å². The highest BCUT2D eigenvalue weighted by Gasteiger charge is 2.78. The molecule has 3 aromatic rings. The van der Waals surface area contributed by atoms with Crippen molar-refractivity contribution in [1.29, 1.82) is 0 Å². The largest absolute Gasteiger partial charge is 0.509 e. The van der Waals surface area contributed by atoms with Gasteiger partial charge in [0, 0.05) is 37.7 Å². The van der Waals surface area contributed by atoms with Crippen LogP contribution in [-0.4, -0.2) is 113 Å². The molecule has 17 heteroatoms. The summed E-state index contributed by atoms with van der Waals surface area (Å²) in [6.45, 7) is 11.1. The second kappa shape index (κ2) is 19.1. The first kappa shape index (κ1) is 49.2. The van der Waals surface area contributed by atoms with Gasteiger partial charge in [-0.15, -0.1) is 0 Å². The van der Waals surface area contributed by atoms with Gasteiger partial charge in [0.2, 0.25) is 6.10 Å². The van der Waals surface area contributed by atoms with Crippen LogP contribution < -0.4 is 5.32 Å². The molecule has 3 aromatic carbocycles. The summed E-state index contributed by atoms with van der Waals surface area (Å²) in [6, 6.07) is 22.5. The molecule has 17 nitrogen and oxygen atoms in total. The van der Waals surface area contributed by atoms with Crippen molar-refractivity contribution in [2.24, 2.45) is 16.7 Å². The van der Waals surface area contributed by atoms with Crippen LogP contribution in [0, 0.1) is 16.7 Å². The molecule has 11 atom stereocenters. The molecule has 0 radical (unpaired) electrons. The summed E-state index contributed by atoms with van der Waals surface area (Å²) < 4.78 is 41.4. The third kappa shape index (κ3) is 8.69. The van der Waals surface area contributed by atoms with Gasteiger partial charge in [-0.05, 0) is 54.8 Å². The third-order valence-corrected chi connectivity index (χ3v) is 14.0. The van der Waals surface area contributed by atoms with E-state index in [4.69, 9.17) is 33.2 Å². The van der Waals surface area contributed by atoms with E-state index in [1.807, 2.05) is 0 Å². The SMILES string of the molecule is C=CCOC(=O)O[C@@H](C(=O)O[C@H]1C[C@@]2(O)[C@@H](OC(=O)c3ccccc3)C3[C@]4(OC(C)=O)COC4C[C@H](O)[C@@]3(C)C(=O)[C@H](OC(C)=O)C(=C1C)C2(C)C)[C@@H](NC(=O)c1ccccc1)c1ccccc1. The van der Waals surface area contributed by atoms with E-state index < -0.39 is 119 Å². The Bertz CT molecular complexity index is 2490. The second-order valence-electron chi connectivity index (χ2n) is 18.3. The van der Waals surface area contributed by atoms with Crippen molar-refractivity contribution in [2.45, 2.75) is 108 Å². The average molecular weight is 938 g/mol. The van der Waals surface area contributed by atoms with E-state index in [1.54, 1.807) is 66.7 Å². The van der Waals surface area contributed by atoms with Gasteiger partial charge in [-0.2, -0.15) is 0 Å². The zero-order valence-corrected chi connectivity index (χ0v) is 38.5. The van der Waals surface area contributed by atoms with E-state index in [9.17, 15) is 34.2 Å². The van der Waals surface area contributed by atoms with E-state index in [1.165, 1.54) is 58.0 Å². The molecule has 2 unspecified atom stereocenters. The topological polar surface area (TPSA) is 237 Å². The number of hydrogen-bond donors (Lipinski definition) is 3. The molecule has 1 heterocycles. The van der Waals surface area contributed by atoms with Crippen molar-refractivity contribution in [3.05, 3.63) is 131 Å². The minimum atomic E-state index is -2.47. The number of esters is 4. The van der Waals surface area contributed by atoms with Gasteiger partial charge in [0.25, 0.3) is 5.91 Å². The summed E-state index contributed by atoms with van der Waals surface area (Å²) in [5, 5.41) is 28.8. The summed E-state index contributed by atoms with van der Waals surface area (Å²) in [6.07, 6.45) is -10.9. The highest BCUT2D eigenvalue weighted by atomic mass is 16.7. The number of carbonyl (C=O) groups is 7. The standard InChI is InChI=1S/C51H55NO16/c1-8-24-62-47(60)66-40(38(31-18-12-9-13-19-31)52-44(57)32-20-14-10-15-21-32)46(59)65-34-26-51(61)43(67-45(58)33-22-16-11-17-23-33)41-49(7,35(55)25-36-50(41,27-63-36)68-30(4)54)42(56)39(64-29(3)53)37(28(34)2)48(51,5)6/h8-23,34-36,38-41,43,55,61H,1,24-27H2,2-7H3,(H,52,57)/t34-,35-,36?,38-,39+,40+,41?,43-,49+,50-,51+/m0/s1. The molecule has 0 spiro atoms. The highest BCUT2D eigenvalue weighted by Crippen LogP contribution is 2.64. The summed E-state index contributed by atoms with van der Waals surface area (Å²) in [5.41, 5.74) is -7.50. The molecule has 3 fully saturated rings. The van der Waals surface area contributed by atoms with Crippen LogP contribution in [0.2, 0.25) is 0 Å². The maximum absolute atomic E-state index is 15.7. The fraction of sp³-hybridized carbons (Fsp3) is 0.431. The summed E-state index contributed by atoms with van der Waals surface area (Å²) in [5.74, 6) is -7.11. The molecule has 3 N–H and O–H groups in total. The molecule has 0 aromatic heterocycles. The number of fused-ring (bicyclic) bond motifs is 5. The molecule has 4 aliphatic rings. The lowest BCUT2D eigenvalue weighted by Gasteiger charge is -2.67. The van der Waals surface area contributed by atoms with Crippen LogP contribution >= 0.6 is 0 Å². The van der Waals surface area contributed by atoms with Gasteiger partial charge in [-0.25, -0.2) is 14.4 Å². The molecule has 360 valence electrons. The number of nitrogens with one attached hydrogen (secondary N) is 1. The summed E-state index contributed by atoms with van der Waals surface area (Å²) >= 11 is 0. The maximum Gasteiger partial charge on any atom is 0.509 e. The summed E-state index contributed by atoms with van der Waals surface area (Å²) in [4.78, 5) is 98.4. The van der Waals surface area contributed by atoms with Crippen LogP contribution in [0.1, 0.15) is 86.7 Å². The third-order valence-electron chi connectivity index (χ3n) is 14.0. The molecule has 1 aliphatic heterocycles. The van der Waals surface area contributed by atoms with Crippen molar-refractivity contribution in [2.75, 3.05) is 13.2 Å². The normalized spacial score (nSPS) is 29.9. The van der Waals surface area contributed by atoms with Crippen LogP contribution in [0.4, 0.5) is 4.79 Å². The zero-order chi connectivity index (χ0) is 49.3. The van der Waals surface area contributed by atoms with E-state index >= 15 is 9.59 Å². The highest BCUT2D eigenvalue weighted by molar-refractivity contribution is 5.96. The molecule has 7 rings (SSSR count). The number of ketones is 1. The molecular weight excluding hydrogens is 883 g/mol. The van der Waals surface area contributed by atoms with E-state index in [-0.39, 0.29) is 41.9 Å². The molecule has 3 aliphatic carbocycles. The van der Waals surface area contributed by atoms with Crippen LogP contribution in [0.25, 0.3) is 0 Å². The number of amides is 1. The predicted octanol–water partition coefficient (Wildman–Crippen LogP) is 5.08. The van der Waals surface area contributed by atoms with Crippen molar-refractivity contribution >= 4 is 41.7 Å². The van der Waals surface area contributed by atoms with Crippen LogP contribution in [0.5, 0.6) is 0 Å². The van der Waals surface area contributed by atoms with Crippen LogP contribution in [-0.2, 0) is 52.3 Å². The van der Waals surface area contributed by atoms with Crippen molar-refractivity contribution in [1.82, 2.24) is 5.32 Å². The van der Waals surface area contributed by atoms with Gasteiger partial charge >= 0.3 is 30.0 Å². The fourth-order valence-corrected chi connectivity index (χ4v) is 10.5. The maximum atomic E-state index is 15.7. The molecule has 68 heavy (non-hydrogen) atoms. The van der Waals surface area contributed by atoms with Crippen LogP contribution in [0.3, 0.4) is 0 Å². The first-order valence-electron chi connectivity index (χ1n) is 22.2. The van der Waals surface area contributed by atoms with Gasteiger partial charge in [0.05, 0.1) is 29.6 Å². The van der Waals surface area contributed by atoms with Crippen molar-refractivity contribution in [3.8, 4) is 0 Å². The van der Waals surface area contributed by atoms with E-state index in [0.717, 1.165) is 13.8 Å². The summed E-state index contributed by atoms with van der Waals surface area (Å²) in [7, 11) is 0. The smallest absolute Gasteiger partial charge is 0.455 e. The molecule has 1 saturated heterocycles. The zero-order valence-electron chi connectivity index (χ0n) is 38.5. The molecule has 2 bridgehead atoms. The number of ether oxygens (including phenoxy) is 7. The first-order valence-corrected chi connectivity index (χ1v) is 22.2. The second-order valence-corrected chi connectivity index (χ2v) is 18.3. The Morgan fingerprint density at radius 2 is 1.47 bits per heavy atom. The number of rotatable bonds is 13. The Morgan fingerprint density at radius 1 is 0.868 bits per heavy atom. The Labute approximate surface area is 392 Å². The minimum absolute atomic E-state index is 0.0413.